The zero-order valence-electron chi connectivity index (χ0n) is 17.1. The Hall–Kier alpha value is -2.56. The summed E-state index contributed by atoms with van der Waals surface area (Å²) in [7, 11) is -1.86. The Morgan fingerprint density at radius 1 is 1.23 bits per heavy atom. The Kier molecular flexibility index (Phi) is 5.98. The van der Waals surface area contributed by atoms with Crippen LogP contribution in [0.4, 0.5) is 0 Å². The van der Waals surface area contributed by atoms with Crippen LogP contribution in [0, 0.1) is 0 Å². The van der Waals surface area contributed by atoms with E-state index in [2.05, 4.69) is 15.2 Å². The summed E-state index contributed by atoms with van der Waals surface area (Å²) in [6, 6.07) is 9.12. The SMILES string of the molecule is CCn1nc(-c2nc(CCN(C)S(=O)(=O)Cc3ccccc3)no2)c2c1CCOC2. The van der Waals surface area contributed by atoms with Gasteiger partial charge in [0.2, 0.25) is 10.0 Å². The lowest BCUT2D eigenvalue weighted by Crippen LogP contribution is -2.30. The highest BCUT2D eigenvalue weighted by Gasteiger charge is 2.25. The largest absolute Gasteiger partial charge is 0.376 e. The molecule has 0 radical (unpaired) electrons. The molecule has 0 spiro atoms. The van der Waals surface area contributed by atoms with Crippen LogP contribution >= 0.6 is 0 Å². The van der Waals surface area contributed by atoms with Gasteiger partial charge in [0.1, 0.15) is 0 Å². The van der Waals surface area contributed by atoms with Crippen molar-refractivity contribution in [2.45, 2.75) is 38.7 Å². The van der Waals surface area contributed by atoms with Crippen molar-refractivity contribution >= 4 is 10.0 Å². The van der Waals surface area contributed by atoms with Crippen LogP contribution in [0.1, 0.15) is 29.6 Å². The molecule has 0 unspecified atom stereocenters. The highest BCUT2D eigenvalue weighted by Crippen LogP contribution is 2.28. The number of fused-ring (bicyclic) bond motifs is 1. The predicted octanol–water partition coefficient (Wildman–Crippen LogP) is 2.03. The second-order valence-corrected chi connectivity index (χ2v) is 9.30. The average Bonchev–Trinajstić information content (AvgIpc) is 3.36. The number of aromatic nitrogens is 4. The van der Waals surface area contributed by atoms with E-state index in [1.165, 1.54) is 4.31 Å². The molecule has 0 saturated heterocycles. The van der Waals surface area contributed by atoms with Crippen LogP contribution in [-0.2, 0) is 46.5 Å². The number of ether oxygens (including phenoxy) is 1. The van der Waals surface area contributed by atoms with Gasteiger partial charge in [-0.15, -0.1) is 0 Å². The molecule has 10 heteroatoms. The second-order valence-electron chi connectivity index (χ2n) is 7.22. The molecule has 1 aliphatic heterocycles. The maximum Gasteiger partial charge on any atom is 0.278 e. The van der Waals surface area contributed by atoms with Gasteiger partial charge in [0.05, 0.1) is 19.0 Å². The van der Waals surface area contributed by atoms with Gasteiger partial charge in [-0.25, -0.2) is 12.7 Å². The number of sulfonamides is 1. The summed E-state index contributed by atoms with van der Waals surface area (Å²) in [6.45, 7) is 4.21. The number of rotatable bonds is 8. The van der Waals surface area contributed by atoms with Crippen molar-refractivity contribution in [2.24, 2.45) is 0 Å². The number of likely N-dealkylation sites (N-methyl/N-ethyl adjacent to an activating group) is 1. The van der Waals surface area contributed by atoms with Crippen molar-refractivity contribution in [1.82, 2.24) is 24.2 Å². The molecule has 0 aliphatic carbocycles. The number of hydrogen-bond donors (Lipinski definition) is 0. The van der Waals surface area contributed by atoms with E-state index in [0.717, 1.165) is 29.8 Å². The summed E-state index contributed by atoms with van der Waals surface area (Å²) in [4.78, 5) is 4.44. The van der Waals surface area contributed by atoms with E-state index in [4.69, 9.17) is 9.26 Å². The van der Waals surface area contributed by atoms with Crippen molar-refractivity contribution in [2.75, 3.05) is 20.2 Å². The molecule has 0 N–H and O–H groups in total. The number of nitrogens with zero attached hydrogens (tertiary/aromatic N) is 5. The topological polar surface area (TPSA) is 103 Å². The third-order valence-electron chi connectivity index (χ3n) is 5.18. The molecule has 30 heavy (non-hydrogen) atoms. The van der Waals surface area contributed by atoms with E-state index < -0.39 is 10.0 Å². The van der Waals surface area contributed by atoms with Crippen molar-refractivity contribution < 1.29 is 17.7 Å². The van der Waals surface area contributed by atoms with Crippen LogP contribution in [0.2, 0.25) is 0 Å². The first-order valence-corrected chi connectivity index (χ1v) is 11.6. The first-order valence-electron chi connectivity index (χ1n) is 9.95. The number of aryl methyl sites for hydroxylation is 1. The highest BCUT2D eigenvalue weighted by molar-refractivity contribution is 7.88. The summed E-state index contributed by atoms with van der Waals surface area (Å²) >= 11 is 0. The van der Waals surface area contributed by atoms with E-state index in [9.17, 15) is 8.42 Å². The Bertz CT molecular complexity index is 1110. The average molecular weight is 432 g/mol. The lowest BCUT2D eigenvalue weighted by Gasteiger charge is -2.16. The zero-order valence-corrected chi connectivity index (χ0v) is 17.9. The molecule has 0 amide bonds. The minimum absolute atomic E-state index is 0.0393. The van der Waals surface area contributed by atoms with E-state index in [1.807, 2.05) is 29.8 Å². The Labute approximate surface area is 175 Å². The monoisotopic (exact) mass is 431 g/mol. The van der Waals surface area contributed by atoms with Gasteiger partial charge in [0, 0.05) is 44.2 Å². The van der Waals surface area contributed by atoms with Crippen LogP contribution in [0.3, 0.4) is 0 Å². The number of benzene rings is 1. The number of hydrogen-bond acceptors (Lipinski definition) is 7. The minimum Gasteiger partial charge on any atom is -0.376 e. The molecule has 2 aromatic heterocycles. The van der Waals surface area contributed by atoms with Gasteiger partial charge in [0.25, 0.3) is 5.89 Å². The fourth-order valence-electron chi connectivity index (χ4n) is 3.49. The van der Waals surface area contributed by atoms with Crippen molar-refractivity contribution in [3.05, 3.63) is 53.0 Å². The first-order chi connectivity index (χ1) is 14.5. The molecule has 1 aromatic carbocycles. The third kappa shape index (κ3) is 4.30. The first kappa shape index (κ1) is 20.7. The highest BCUT2D eigenvalue weighted by atomic mass is 32.2. The summed E-state index contributed by atoms with van der Waals surface area (Å²) in [5, 5.41) is 8.63. The minimum atomic E-state index is -3.43. The van der Waals surface area contributed by atoms with Gasteiger partial charge in [-0.3, -0.25) is 4.68 Å². The Morgan fingerprint density at radius 3 is 2.80 bits per heavy atom. The van der Waals surface area contributed by atoms with Crippen LogP contribution in [0.15, 0.2) is 34.9 Å². The van der Waals surface area contributed by atoms with Crippen LogP contribution in [-0.4, -0.2) is 52.8 Å². The fraction of sp³-hybridized carbons (Fsp3) is 0.450. The van der Waals surface area contributed by atoms with Gasteiger partial charge in [-0.2, -0.15) is 10.1 Å². The van der Waals surface area contributed by atoms with Crippen molar-refractivity contribution in [3.63, 3.8) is 0 Å². The van der Waals surface area contributed by atoms with Gasteiger partial charge < -0.3 is 9.26 Å². The molecule has 3 heterocycles. The van der Waals surface area contributed by atoms with E-state index in [-0.39, 0.29) is 12.3 Å². The van der Waals surface area contributed by atoms with E-state index >= 15 is 0 Å². The zero-order chi connectivity index (χ0) is 21.1. The molecule has 0 bridgehead atoms. The summed E-state index contributed by atoms with van der Waals surface area (Å²) in [5.74, 6) is 0.750. The Morgan fingerprint density at radius 2 is 2.03 bits per heavy atom. The maximum atomic E-state index is 12.6. The summed E-state index contributed by atoms with van der Waals surface area (Å²) < 4.78 is 39.4. The molecule has 1 aliphatic rings. The molecule has 9 nitrogen and oxygen atoms in total. The van der Waals surface area contributed by atoms with Crippen molar-refractivity contribution in [3.8, 4) is 11.6 Å². The quantitative estimate of drug-likeness (QED) is 0.537. The molecule has 4 rings (SSSR count). The van der Waals surface area contributed by atoms with Crippen molar-refractivity contribution in [1.29, 1.82) is 0 Å². The van der Waals surface area contributed by atoms with Crippen LogP contribution < -0.4 is 0 Å². The molecule has 0 fully saturated rings. The van der Waals surface area contributed by atoms with E-state index in [0.29, 0.717) is 37.0 Å². The standard InChI is InChI=1S/C20H25N5O4S/c1-3-25-17-10-12-28-13-16(17)19(22-25)20-21-18(23-29-20)9-11-24(2)30(26,27)14-15-7-5-4-6-8-15/h4-8H,3,9-14H2,1-2H3. The lowest BCUT2D eigenvalue weighted by atomic mass is 10.1. The lowest BCUT2D eigenvalue weighted by molar-refractivity contribution is 0.109. The van der Waals surface area contributed by atoms with E-state index in [1.54, 1.807) is 19.2 Å². The summed E-state index contributed by atoms with van der Waals surface area (Å²) in [5.41, 5.74) is 3.53. The van der Waals surface area contributed by atoms with Gasteiger partial charge in [-0.1, -0.05) is 35.5 Å². The smallest absolute Gasteiger partial charge is 0.278 e. The second kappa shape index (κ2) is 8.66. The molecular formula is C20H25N5O4S. The molecule has 160 valence electrons. The predicted molar refractivity (Wildman–Crippen MR) is 110 cm³/mol. The third-order valence-corrected chi connectivity index (χ3v) is 7.01. The van der Waals surface area contributed by atoms with Gasteiger partial charge in [0.15, 0.2) is 11.5 Å². The molecular weight excluding hydrogens is 406 g/mol. The summed E-state index contributed by atoms with van der Waals surface area (Å²) in [6.07, 6.45) is 1.16. The molecule has 3 aromatic rings. The fourth-order valence-corrected chi connectivity index (χ4v) is 4.69. The van der Waals surface area contributed by atoms with Crippen LogP contribution in [0.25, 0.3) is 11.6 Å². The van der Waals surface area contributed by atoms with Gasteiger partial charge in [-0.05, 0) is 12.5 Å². The normalized spacial score (nSPS) is 14.2. The van der Waals surface area contributed by atoms with Crippen LogP contribution in [0.5, 0.6) is 0 Å². The maximum absolute atomic E-state index is 12.6. The Balaban J connectivity index is 1.44. The molecule has 0 saturated carbocycles. The van der Waals surface area contributed by atoms with Gasteiger partial charge >= 0.3 is 0 Å². The molecule has 0 atom stereocenters.